The maximum atomic E-state index is 12.7. The van der Waals surface area contributed by atoms with Gasteiger partial charge in [0, 0.05) is 26.4 Å². The van der Waals surface area contributed by atoms with Crippen LogP contribution < -0.4 is 0 Å². The topological polar surface area (TPSA) is 111 Å². The van der Waals surface area contributed by atoms with Crippen molar-refractivity contribution >= 4 is 27.4 Å². The summed E-state index contributed by atoms with van der Waals surface area (Å²) in [5.74, 6) is -0.635. The molecule has 1 saturated heterocycles. The molecule has 1 aromatic rings. The summed E-state index contributed by atoms with van der Waals surface area (Å²) in [4.78, 5) is 26.4. The van der Waals surface area contributed by atoms with Gasteiger partial charge in [0.25, 0.3) is 5.91 Å². The molecular formula is C18H20N4O4S. The van der Waals surface area contributed by atoms with E-state index in [2.05, 4.69) is 11.2 Å². The van der Waals surface area contributed by atoms with Crippen molar-refractivity contribution < 1.29 is 18.0 Å². The van der Waals surface area contributed by atoms with Crippen molar-refractivity contribution in [3.63, 3.8) is 0 Å². The highest BCUT2D eigenvalue weighted by Crippen LogP contribution is 2.22. The quantitative estimate of drug-likeness (QED) is 0.753. The monoisotopic (exact) mass is 388 g/mol. The van der Waals surface area contributed by atoms with Gasteiger partial charge in [0.2, 0.25) is 5.91 Å². The molecule has 1 fully saturated rings. The number of carbonyl (C=O) groups is 2. The molecule has 27 heavy (non-hydrogen) atoms. The molecule has 2 heterocycles. The zero-order valence-corrected chi connectivity index (χ0v) is 15.8. The highest BCUT2D eigenvalue weighted by molar-refractivity contribution is 7.91. The van der Waals surface area contributed by atoms with Crippen molar-refractivity contribution in [2.75, 3.05) is 18.6 Å². The first-order valence-electron chi connectivity index (χ1n) is 8.63. The van der Waals surface area contributed by atoms with Crippen LogP contribution in [0.1, 0.15) is 30.4 Å². The van der Waals surface area contributed by atoms with Crippen LogP contribution in [-0.4, -0.2) is 60.4 Å². The Morgan fingerprint density at radius 3 is 2.85 bits per heavy atom. The summed E-state index contributed by atoms with van der Waals surface area (Å²) in [7, 11) is -1.52. The van der Waals surface area contributed by atoms with E-state index < -0.39 is 15.9 Å². The van der Waals surface area contributed by atoms with Gasteiger partial charge in [-0.05, 0) is 24.1 Å². The van der Waals surface area contributed by atoms with Gasteiger partial charge in [-0.1, -0.05) is 12.1 Å². The van der Waals surface area contributed by atoms with E-state index in [1.807, 2.05) is 6.07 Å². The fourth-order valence-electron chi connectivity index (χ4n) is 3.28. The molecule has 9 heteroatoms. The van der Waals surface area contributed by atoms with E-state index in [1.54, 1.807) is 25.2 Å². The third kappa shape index (κ3) is 4.34. The largest absolute Gasteiger partial charge is 0.336 e. The molecule has 0 aliphatic carbocycles. The maximum Gasteiger partial charge on any atom is 0.270 e. The summed E-state index contributed by atoms with van der Waals surface area (Å²) < 4.78 is 23.4. The molecule has 0 N–H and O–H groups in total. The number of carbonyl (C=O) groups excluding carboxylic acids is 2. The molecule has 2 amide bonds. The third-order valence-corrected chi connectivity index (χ3v) is 6.43. The van der Waals surface area contributed by atoms with Crippen LogP contribution in [0.25, 0.3) is 0 Å². The standard InChI is InChI=1S/C18H20N4O4S/c1-21(11-14-4-2-3-13(9-14)10-19)18(24)16-5-6-17(23)22(20-16)15-7-8-27(25,26)12-15/h2-4,9,15H,5-8,11-12H2,1H3. The summed E-state index contributed by atoms with van der Waals surface area (Å²) in [6.45, 7) is 0.305. The lowest BCUT2D eigenvalue weighted by atomic mass is 10.1. The number of hydrazone groups is 1. The molecule has 0 bridgehead atoms. The Bertz CT molecular complexity index is 948. The lowest BCUT2D eigenvalue weighted by molar-refractivity contribution is -0.134. The van der Waals surface area contributed by atoms with Gasteiger partial charge in [0.05, 0.1) is 29.2 Å². The van der Waals surface area contributed by atoms with E-state index >= 15 is 0 Å². The number of nitrogens with zero attached hydrogens (tertiary/aromatic N) is 4. The Balaban J connectivity index is 1.74. The first kappa shape index (κ1) is 19.0. The van der Waals surface area contributed by atoms with Crippen molar-refractivity contribution in [3.8, 4) is 6.07 Å². The molecule has 0 radical (unpaired) electrons. The van der Waals surface area contributed by atoms with Gasteiger partial charge in [-0.15, -0.1) is 0 Å². The number of nitriles is 1. The minimum atomic E-state index is -3.15. The Kier molecular flexibility index (Phi) is 5.28. The van der Waals surface area contributed by atoms with Crippen molar-refractivity contribution in [1.29, 1.82) is 5.26 Å². The van der Waals surface area contributed by atoms with Crippen molar-refractivity contribution in [2.45, 2.75) is 31.8 Å². The van der Waals surface area contributed by atoms with Gasteiger partial charge in [0.1, 0.15) is 5.71 Å². The molecular weight excluding hydrogens is 368 g/mol. The fraction of sp³-hybridized carbons (Fsp3) is 0.444. The maximum absolute atomic E-state index is 12.7. The highest BCUT2D eigenvalue weighted by atomic mass is 32.2. The van der Waals surface area contributed by atoms with Crippen LogP contribution >= 0.6 is 0 Å². The SMILES string of the molecule is CN(Cc1cccc(C#N)c1)C(=O)C1=NN(C2CCS(=O)(=O)C2)C(=O)CC1. The lowest BCUT2D eigenvalue weighted by Gasteiger charge is -2.29. The zero-order valence-electron chi connectivity index (χ0n) is 15.0. The molecule has 8 nitrogen and oxygen atoms in total. The summed E-state index contributed by atoms with van der Waals surface area (Å²) in [5.41, 5.74) is 1.58. The first-order chi connectivity index (χ1) is 12.8. The predicted molar refractivity (Wildman–Crippen MR) is 98.2 cm³/mol. The number of benzene rings is 1. The first-order valence-corrected chi connectivity index (χ1v) is 10.5. The number of sulfone groups is 1. The highest BCUT2D eigenvalue weighted by Gasteiger charge is 2.37. The van der Waals surface area contributed by atoms with Crippen LogP contribution in [0, 0.1) is 11.3 Å². The second kappa shape index (κ2) is 7.48. The number of rotatable bonds is 4. The Hall–Kier alpha value is -2.73. The zero-order chi connectivity index (χ0) is 19.6. The molecule has 2 aliphatic heterocycles. The number of amides is 2. The average Bonchev–Trinajstić information content (AvgIpc) is 3.01. The minimum Gasteiger partial charge on any atom is -0.336 e. The van der Waals surface area contributed by atoms with Crippen LogP contribution in [0.4, 0.5) is 0 Å². The molecule has 142 valence electrons. The van der Waals surface area contributed by atoms with Crippen LogP contribution in [0.15, 0.2) is 29.4 Å². The fourth-order valence-corrected chi connectivity index (χ4v) is 4.98. The second-order valence-corrected chi connectivity index (χ2v) is 9.04. The van der Waals surface area contributed by atoms with E-state index in [0.717, 1.165) is 5.56 Å². The molecule has 0 aromatic heterocycles. The molecule has 1 aromatic carbocycles. The van der Waals surface area contributed by atoms with Crippen LogP contribution in [0.2, 0.25) is 0 Å². The van der Waals surface area contributed by atoms with Crippen LogP contribution in [0.5, 0.6) is 0 Å². The van der Waals surface area contributed by atoms with E-state index in [1.165, 1.54) is 9.91 Å². The van der Waals surface area contributed by atoms with E-state index in [-0.39, 0.29) is 41.9 Å². The summed E-state index contributed by atoms with van der Waals surface area (Å²) in [6.07, 6.45) is 0.713. The molecule has 3 rings (SSSR count). The third-order valence-electron chi connectivity index (χ3n) is 4.68. The van der Waals surface area contributed by atoms with Crippen molar-refractivity contribution in [1.82, 2.24) is 9.91 Å². The van der Waals surface area contributed by atoms with Gasteiger partial charge >= 0.3 is 0 Å². The molecule has 1 unspecified atom stereocenters. The van der Waals surface area contributed by atoms with Crippen molar-refractivity contribution in [3.05, 3.63) is 35.4 Å². The Labute approximate surface area is 158 Å². The predicted octanol–water partition coefficient (Wildman–Crippen LogP) is 0.682. The van der Waals surface area contributed by atoms with Gasteiger partial charge < -0.3 is 4.90 Å². The summed E-state index contributed by atoms with van der Waals surface area (Å²) in [6, 6.07) is 8.55. The normalized spacial score (nSPS) is 21.5. The summed E-state index contributed by atoms with van der Waals surface area (Å²) in [5, 5.41) is 14.4. The van der Waals surface area contributed by atoms with Gasteiger partial charge in [-0.25, -0.2) is 13.4 Å². The van der Waals surface area contributed by atoms with E-state index in [0.29, 0.717) is 18.5 Å². The van der Waals surface area contributed by atoms with Gasteiger partial charge in [-0.3, -0.25) is 9.59 Å². The Morgan fingerprint density at radius 2 is 2.19 bits per heavy atom. The van der Waals surface area contributed by atoms with Crippen LogP contribution in [0.3, 0.4) is 0 Å². The van der Waals surface area contributed by atoms with E-state index in [4.69, 9.17) is 5.26 Å². The molecule has 2 aliphatic rings. The molecule has 0 spiro atoms. The summed E-state index contributed by atoms with van der Waals surface area (Å²) >= 11 is 0. The smallest absolute Gasteiger partial charge is 0.270 e. The molecule has 0 saturated carbocycles. The second-order valence-electron chi connectivity index (χ2n) is 6.82. The van der Waals surface area contributed by atoms with Gasteiger partial charge in [0.15, 0.2) is 9.84 Å². The van der Waals surface area contributed by atoms with Crippen LogP contribution in [-0.2, 0) is 26.0 Å². The average molecular weight is 388 g/mol. The van der Waals surface area contributed by atoms with Crippen molar-refractivity contribution in [2.24, 2.45) is 5.10 Å². The number of hydrogen-bond donors (Lipinski definition) is 0. The number of hydrogen-bond acceptors (Lipinski definition) is 6. The minimum absolute atomic E-state index is 0.0371. The lowest BCUT2D eigenvalue weighted by Crippen LogP contribution is -2.44. The molecule has 1 atom stereocenters. The van der Waals surface area contributed by atoms with Gasteiger partial charge in [-0.2, -0.15) is 10.4 Å². The van der Waals surface area contributed by atoms with E-state index in [9.17, 15) is 18.0 Å². The Morgan fingerprint density at radius 1 is 1.41 bits per heavy atom.